The van der Waals surface area contributed by atoms with Crippen LogP contribution in [0.5, 0.6) is 17.2 Å². The molecule has 2 aliphatic heterocycles. The maximum absolute atomic E-state index is 14.3. The van der Waals surface area contributed by atoms with Crippen molar-refractivity contribution in [3.63, 3.8) is 0 Å². The van der Waals surface area contributed by atoms with Gasteiger partial charge in [0.25, 0.3) is 26.1 Å². The number of hydrogen-bond donors (Lipinski definition) is 5. The molecule has 39 nitrogen and oxygen atoms in total. The molecule has 11 rings (SSSR count). The van der Waals surface area contributed by atoms with E-state index in [1.54, 1.807) is 14.2 Å². The second kappa shape index (κ2) is 56.4. The van der Waals surface area contributed by atoms with Crippen LogP contribution in [0, 0.1) is 61.3 Å². The monoisotopic (exact) mass is 1980 g/mol. The zero-order valence-electron chi connectivity index (χ0n) is 77.4. The average molecular weight is 1990 g/mol. The van der Waals surface area contributed by atoms with Crippen molar-refractivity contribution in [2.45, 2.75) is 187 Å². The number of amides is 3. The summed E-state index contributed by atoms with van der Waals surface area (Å²) in [6.07, 6.45) is 21.0. The number of methoxy groups -OCH3 is 2. The molecule has 3 aliphatic rings. The van der Waals surface area contributed by atoms with Crippen molar-refractivity contribution in [3.05, 3.63) is 335 Å². The Balaban J connectivity index is 0.00000157. The van der Waals surface area contributed by atoms with Crippen molar-refractivity contribution >= 4 is 60.6 Å². The van der Waals surface area contributed by atoms with Crippen molar-refractivity contribution in [2.24, 2.45) is 0 Å². The molecule has 0 spiro atoms. The number of anilines is 1. The second-order valence-corrected chi connectivity index (χ2v) is 36.2. The fourth-order valence-corrected chi connectivity index (χ4v) is 17.2. The molecule has 5 N–H and O–H groups in total. The maximum Gasteiger partial charge on any atom is 2.00 e. The van der Waals surface area contributed by atoms with Crippen molar-refractivity contribution < 1.29 is 103 Å². The van der Waals surface area contributed by atoms with Gasteiger partial charge in [0.1, 0.15) is 29.8 Å². The Morgan fingerprint density at radius 3 is 1.52 bits per heavy atom. The van der Waals surface area contributed by atoms with Crippen LogP contribution in [0.2, 0.25) is 0 Å². The molecule has 0 fully saturated rings. The molecule has 6 heterocycles. The SMILES string of the molecule is COc1ccc2c(c1)C(C)(C)C(/C=C/C1=C(c3ccc(CCC(=O)N[C@@H](CCCCNC(=O)C(C)[18F])C(=O)NCCCCOc4cc(CN(Cc5ccccn5)Cc5ccccn5)cc(CN(Cc5ccccn5)Cc5ccccn5)c4)cc3)C(=C/C=C3/N(CCCCS(=O)(=O)O)c4ccc(OC)cc4C3(C)C)/CCC1)=[N+]2CCCCS(=O)(=O)O.O=[N+]([O-])[O-].O=[N+]([O-])[O-].O=[N+]([O-])[O-].O=[N+]([O-])[O-].[Zn+2]. The van der Waals surface area contributed by atoms with Crippen LogP contribution in [0.25, 0.3) is 5.57 Å². The zero-order valence-corrected chi connectivity index (χ0v) is 82.0. The Kier molecular flexibility index (Phi) is 46.3. The number of hydrogen-bond acceptors (Lipinski definition) is 29. The fraction of sp³-hybridized carbons (Fsp3) is 0.404. The molecule has 8 aromatic rings. The summed E-state index contributed by atoms with van der Waals surface area (Å²) >= 11 is 0. The van der Waals surface area contributed by atoms with E-state index in [0.29, 0.717) is 128 Å². The van der Waals surface area contributed by atoms with Gasteiger partial charge in [-0.05, 0) is 239 Å². The Hall–Kier alpha value is -13.2. The number of carbonyl (C=O) groups is 3. The van der Waals surface area contributed by atoms with E-state index in [0.717, 1.165) is 115 Å². The number of aryl methyl sites for hydroxylation is 1. The van der Waals surface area contributed by atoms with Gasteiger partial charge in [-0.3, -0.25) is 53.2 Å². The van der Waals surface area contributed by atoms with Gasteiger partial charge < -0.3 is 96.3 Å². The van der Waals surface area contributed by atoms with Gasteiger partial charge in [-0.1, -0.05) is 80.6 Å². The first-order valence-corrected chi connectivity index (χ1v) is 47.0. The van der Waals surface area contributed by atoms with E-state index in [-0.39, 0.29) is 75.0 Å². The van der Waals surface area contributed by atoms with Gasteiger partial charge in [0.05, 0.1) is 80.9 Å². The molecule has 0 saturated carbocycles. The van der Waals surface area contributed by atoms with Crippen LogP contribution < -0.4 is 35.1 Å². The summed E-state index contributed by atoms with van der Waals surface area (Å²) in [6.45, 7) is 15.3. The van der Waals surface area contributed by atoms with Crippen LogP contribution in [-0.4, -0.2) is 175 Å². The van der Waals surface area contributed by atoms with Gasteiger partial charge >= 0.3 is 19.5 Å². The number of ether oxygens (including phenoxy) is 3. The minimum absolute atomic E-state index is 0. The van der Waals surface area contributed by atoms with E-state index in [1.165, 1.54) is 6.92 Å². The number of aromatic nitrogens is 4. The summed E-state index contributed by atoms with van der Waals surface area (Å²) in [5, 5.41) is 67.7. The number of benzene rings is 4. The number of nitrogens with zero attached hydrogens (tertiary/aromatic N) is 12. The smallest absolute Gasteiger partial charge is 0.497 e. The number of allylic oxidation sites excluding steroid dienone is 8. The van der Waals surface area contributed by atoms with Crippen LogP contribution in [0.15, 0.2) is 218 Å². The summed E-state index contributed by atoms with van der Waals surface area (Å²) in [6, 6.07) is 49.6. The molecule has 4 aromatic carbocycles. The van der Waals surface area contributed by atoms with E-state index in [4.69, 9.17) is 75.5 Å². The number of pyridine rings is 4. The number of rotatable bonds is 45. The Morgan fingerprint density at radius 1 is 0.555 bits per heavy atom. The number of nitrogens with one attached hydrogen (secondary N) is 3. The van der Waals surface area contributed by atoms with Gasteiger partial charge in [-0.15, -0.1) is 0 Å². The molecule has 3 amide bonds. The first kappa shape index (κ1) is 113. The molecule has 1 aliphatic carbocycles. The van der Waals surface area contributed by atoms with Gasteiger partial charge in [-0.2, -0.15) is 21.4 Å². The second-order valence-electron chi connectivity index (χ2n) is 33.0. The molecular formula is C94H115FN15O24S2Zn-. The van der Waals surface area contributed by atoms with Crippen LogP contribution >= 0.6 is 0 Å². The molecule has 0 radical (unpaired) electrons. The van der Waals surface area contributed by atoms with Crippen LogP contribution in [0.4, 0.5) is 15.8 Å². The van der Waals surface area contributed by atoms with Gasteiger partial charge in [0.15, 0.2) is 11.9 Å². The van der Waals surface area contributed by atoms with Crippen molar-refractivity contribution in [1.82, 2.24) is 45.7 Å². The minimum Gasteiger partial charge on any atom is -0.497 e. The van der Waals surface area contributed by atoms with Crippen molar-refractivity contribution in [2.75, 3.05) is 63.4 Å². The Morgan fingerprint density at radius 2 is 1.04 bits per heavy atom. The third-order valence-corrected chi connectivity index (χ3v) is 23.8. The predicted molar refractivity (Wildman–Crippen MR) is 509 cm³/mol. The average Bonchev–Trinajstić information content (AvgIpc) is 1.59. The number of alkyl halides is 1. The summed E-state index contributed by atoms with van der Waals surface area (Å²) in [5.41, 5.74) is 16.0. The summed E-state index contributed by atoms with van der Waals surface area (Å²) in [5.74, 6) is 0.0844. The number of unbranched alkanes of at least 4 members (excludes halogenated alkanes) is 4. The summed E-state index contributed by atoms with van der Waals surface area (Å²) < 4.78 is 101. The normalized spacial score (nSPS) is 14.4. The van der Waals surface area contributed by atoms with Crippen molar-refractivity contribution in [1.29, 1.82) is 0 Å². The maximum atomic E-state index is 14.3. The molecule has 0 saturated heterocycles. The molecule has 43 heteroatoms. The van der Waals surface area contributed by atoms with E-state index < -0.39 is 69.5 Å². The molecular weight excluding hydrogens is 1870 g/mol. The largest absolute Gasteiger partial charge is 2.00 e. The molecule has 4 aromatic heterocycles. The van der Waals surface area contributed by atoms with Crippen LogP contribution in [-0.2, 0) is 111 Å². The molecule has 137 heavy (non-hydrogen) atoms. The molecule has 0 bridgehead atoms. The van der Waals surface area contributed by atoms with Crippen molar-refractivity contribution in [3.8, 4) is 17.2 Å². The van der Waals surface area contributed by atoms with E-state index in [1.807, 2.05) is 134 Å². The first-order valence-electron chi connectivity index (χ1n) is 43.8. The quantitative estimate of drug-likeness (QED) is 0.00591. The van der Waals surface area contributed by atoms with Gasteiger partial charge in [-0.25, -0.2) is 4.39 Å². The standard InChI is InChI=1S/C94H114FN11O12S2.4NO3.Zn/c1-68(95)91(108)100-50-17-12-31-84(92(109)101-51-18-21-54-118-81-58-70(62-103(64-75-27-8-13-46-96-75)65-76-28-9-14-47-97-76)57-71(59-81)63-104(66-77-29-10-15-48-98-77)67-78-30-11-16-49-99-78)102-89(107)45-34-69-32-35-74(36-33-69)90-72(37-43-87-93(2,3)82-60-79(116-6)39-41-85(82)105(87)52-19-22-55-119(110,111)112)25-24-26-73(90)38-44-88-94(4,5)83-61-80(117-7)40-42-86(83)106(88)53-20-23-56-120(113,114)115;4*2-1(3)4;/h8-11,13-16,27-30,32-33,35-44,46-49,57-61,68,84H,12,17-26,31,34,45,50-56,62-67H2,1-7H3,(H4-,100,101,102,107,108,109,110,111,112,113,114,115);;;;;/q;4*-1;+2/p+1/t68?,84-;;;;;/m0...../s1/i95-1;;;;;. The summed E-state index contributed by atoms with van der Waals surface area (Å²) in [7, 11) is -5.03. The van der Waals surface area contributed by atoms with Gasteiger partial charge in [0.2, 0.25) is 17.5 Å². The first-order chi connectivity index (χ1) is 64.6. The Labute approximate surface area is 807 Å². The molecule has 1 unspecified atom stereocenters. The van der Waals surface area contributed by atoms with E-state index in [9.17, 15) is 44.7 Å². The van der Waals surface area contributed by atoms with E-state index >= 15 is 0 Å². The van der Waals surface area contributed by atoms with Gasteiger partial charge in [0, 0.05) is 131 Å². The molecule has 732 valence electrons. The third-order valence-electron chi connectivity index (χ3n) is 22.2. The topological polar surface area (TPSA) is 553 Å². The third kappa shape index (κ3) is 39.6. The number of fused-ring (bicyclic) bond motifs is 2. The number of halogens is 1. The fourth-order valence-electron chi connectivity index (χ4n) is 16.1. The number of carbonyl (C=O) groups excluding carboxylic acids is 3. The van der Waals surface area contributed by atoms with Crippen LogP contribution in [0.3, 0.4) is 0 Å². The van der Waals surface area contributed by atoms with Crippen LogP contribution in [0.1, 0.15) is 174 Å². The Bertz CT molecular complexity index is 5440. The summed E-state index contributed by atoms with van der Waals surface area (Å²) in [4.78, 5) is 99.2. The molecule has 2 atom stereocenters. The predicted octanol–water partition coefficient (Wildman–Crippen LogP) is 14.3. The van der Waals surface area contributed by atoms with E-state index in [2.05, 4.69) is 150 Å². The zero-order chi connectivity index (χ0) is 99.6. The minimum atomic E-state index is -4.16.